The summed E-state index contributed by atoms with van der Waals surface area (Å²) in [6, 6.07) is 3.88. The Kier molecular flexibility index (Phi) is 4.66. The summed E-state index contributed by atoms with van der Waals surface area (Å²) in [5, 5.41) is 9.59. The van der Waals surface area contributed by atoms with E-state index in [4.69, 9.17) is 0 Å². The molecule has 1 N–H and O–H groups in total. The number of nitrogens with zero attached hydrogens (tertiary/aromatic N) is 1. The Labute approximate surface area is 131 Å². The number of carbonyl (C=O) groups excluding carboxylic acids is 1. The molecule has 1 aliphatic rings. The van der Waals surface area contributed by atoms with Crippen molar-refractivity contribution in [2.45, 2.75) is 37.6 Å². The Bertz CT molecular complexity index is 550. The van der Waals surface area contributed by atoms with Crippen molar-refractivity contribution in [1.82, 2.24) is 4.90 Å². The van der Waals surface area contributed by atoms with E-state index in [0.29, 0.717) is 17.3 Å². The van der Waals surface area contributed by atoms with Crippen LogP contribution in [0.15, 0.2) is 22.7 Å². The van der Waals surface area contributed by atoms with Gasteiger partial charge in [0.1, 0.15) is 11.4 Å². The Hall–Kier alpha value is -1.43. The molecule has 0 aromatic heterocycles. The van der Waals surface area contributed by atoms with E-state index < -0.39 is 23.2 Å². The second-order valence-corrected chi connectivity index (χ2v) is 6.34. The normalized spacial score (nSPS) is 17.3. The number of amides is 1. The van der Waals surface area contributed by atoms with E-state index in [1.54, 1.807) is 0 Å². The molecule has 0 atom stereocenters. The number of carboxylic acid groups (broad SMARTS) is 1. The summed E-state index contributed by atoms with van der Waals surface area (Å²) in [7, 11) is 1.49. The van der Waals surface area contributed by atoms with Gasteiger partial charge in [-0.1, -0.05) is 35.2 Å². The molecule has 21 heavy (non-hydrogen) atoms. The molecule has 0 heterocycles. The molecular formula is C15H17BrFNO3. The maximum atomic E-state index is 13.4. The molecule has 114 valence electrons. The molecule has 6 heteroatoms. The predicted molar refractivity (Wildman–Crippen MR) is 79.6 cm³/mol. The van der Waals surface area contributed by atoms with Gasteiger partial charge in [-0.15, -0.1) is 0 Å². The van der Waals surface area contributed by atoms with Crippen LogP contribution in [0.25, 0.3) is 0 Å². The molecule has 1 aromatic carbocycles. The summed E-state index contributed by atoms with van der Waals surface area (Å²) in [4.78, 5) is 25.5. The highest BCUT2D eigenvalue weighted by atomic mass is 79.9. The number of rotatable bonds is 3. The van der Waals surface area contributed by atoms with E-state index in [1.165, 1.54) is 24.1 Å². The summed E-state index contributed by atoms with van der Waals surface area (Å²) in [6.07, 6.45) is 3.39. The van der Waals surface area contributed by atoms with Crippen LogP contribution in [0.3, 0.4) is 0 Å². The van der Waals surface area contributed by atoms with Crippen LogP contribution in [0.5, 0.6) is 0 Å². The molecule has 1 amide bonds. The van der Waals surface area contributed by atoms with E-state index in [-0.39, 0.29) is 5.56 Å². The number of carboxylic acids is 1. The lowest BCUT2D eigenvalue weighted by Crippen LogP contribution is -2.56. The zero-order valence-electron chi connectivity index (χ0n) is 11.7. The van der Waals surface area contributed by atoms with Crippen LogP contribution in [-0.4, -0.2) is 34.5 Å². The monoisotopic (exact) mass is 357 g/mol. The zero-order chi connectivity index (χ0) is 15.6. The Morgan fingerprint density at radius 3 is 2.38 bits per heavy atom. The molecule has 0 saturated heterocycles. The molecule has 0 unspecified atom stereocenters. The number of aliphatic carboxylic acids is 1. The molecule has 4 nitrogen and oxygen atoms in total. The van der Waals surface area contributed by atoms with Gasteiger partial charge in [0.2, 0.25) is 0 Å². The fourth-order valence-corrected chi connectivity index (χ4v) is 3.36. The van der Waals surface area contributed by atoms with Crippen molar-refractivity contribution in [3.8, 4) is 0 Å². The summed E-state index contributed by atoms with van der Waals surface area (Å²) < 4.78 is 13.9. The number of hydrogen-bond acceptors (Lipinski definition) is 2. The molecule has 0 radical (unpaired) electrons. The largest absolute Gasteiger partial charge is 0.479 e. The molecule has 0 aliphatic heterocycles. The van der Waals surface area contributed by atoms with Gasteiger partial charge in [0.05, 0.1) is 0 Å². The average Bonchev–Trinajstić information content (AvgIpc) is 2.45. The van der Waals surface area contributed by atoms with Crippen LogP contribution in [0.2, 0.25) is 0 Å². The molecule has 0 bridgehead atoms. The van der Waals surface area contributed by atoms with Crippen molar-refractivity contribution in [2.75, 3.05) is 7.05 Å². The van der Waals surface area contributed by atoms with Gasteiger partial charge in [-0.25, -0.2) is 9.18 Å². The second kappa shape index (κ2) is 6.13. The molecular weight excluding hydrogens is 341 g/mol. The SMILES string of the molecule is CN(C(=O)c1cc(F)cc(Br)c1)C1(C(=O)O)CCCCC1. The molecule has 1 saturated carbocycles. The van der Waals surface area contributed by atoms with Crippen molar-refractivity contribution in [2.24, 2.45) is 0 Å². The Morgan fingerprint density at radius 2 is 1.86 bits per heavy atom. The number of hydrogen-bond donors (Lipinski definition) is 1. The van der Waals surface area contributed by atoms with Crippen molar-refractivity contribution in [3.05, 3.63) is 34.1 Å². The van der Waals surface area contributed by atoms with E-state index in [1.807, 2.05) is 0 Å². The first-order chi connectivity index (χ1) is 9.86. The highest BCUT2D eigenvalue weighted by Gasteiger charge is 2.45. The van der Waals surface area contributed by atoms with E-state index in [9.17, 15) is 19.1 Å². The lowest BCUT2D eigenvalue weighted by Gasteiger charge is -2.41. The van der Waals surface area contributed by atoms with Gasteiger partial charge in [0, 0.05) is 17.1 Å². The van der Waals surface area contributed by atoms with Crippen LogP contribution in [-0.2, 0) is 4.79 Å². The highest BCUT2D eigenvalue weighted by molar-refractivity contribution is 9.10. The van der Waals surface area contributed by atoms with Crippen molar-refractivity contribution >= 4 is 27.8 Å². The molecule has 2 rings (SSSR count). The summed E-state index contributed by atoms with van der Waals surface area (Å²) in [5.41, 5.74) is -1.04. The third-order valence-electron chi connectivity index (χ3n) is 4.13. The minimum absolute atomic E-state index is 0.149. The quantitative estimate of drug-likeness (QED) is 0.901. The van der Waals surface area contributed by atoms with Crippen LogP contribution in [0, 0.1) is 5.82 Å². The Balaban J connectivity index is 2.34. The minimum atomic E-state index is -1.19. The van der Waals surface area contributed by atoms with Crippen LogP contribution >= 0.6 is 15.9 Å². The molecule has 1 aromatic rings. The number of halogens is 2. The van der Waals surface area contributed by atoms with Gasteiger partial charge in [0.15, 0.2) is 0 Å². The fraction of sp³-hybridized carbons (Fsp3) is 0.467. The smallest absolute Gasteiger partial charge is 0.329 e. The maximum Gasteiger partial charge on any atom is 0.329 e. The molecule has 0 spiro atoms. The van der Waals surface area contributed by atoms with Gasteiger partial charge in [-0.3, -0.25) is 4.79 Å². The van der Waals surface area contributed by atoms with Gasteiger partial charge in [-0.05, 0) is 31.0 Å². The first-order valence-electron chi connectivity index (χ1n) is 6.84. The summed E-state index contributed by atoms with van der Waals surface area (Å²) in [5.74, 6) is -2.00. The lowest BCUT2D eigenvalue weighted by atomic mass is 9.80. The van der Waals surface area contributed by atoms with Gasteiger partial charge in [0.25, 0.3) is 5.91 Å². The second-order valence-electron chi connectivity index (χ2n) is 5.42. The predicted octanol–water partition coefficient (Wildman–Crippen LogP) is 3.45. The van der Waals surface area contributed by atoms with Crippen LogP contribution in [0.1, 0.15) is 42.5 Å². The highest BCUT2D eigenvalue weighted by Crippen LogP contribution is 2.34. The first kappa shape index (κ1) is 15.9. The summed E-state index contributed by atoms with van der Waals surface area (Å²) >= 11 is 3.14. The van der Waals surface area contributed by atoms with Gasteiger partial charge < -0.3 is 10.0 Å². The average molecular weight is 358 g/mol. The van der Waals surface area contributed by atoms with Gasteiger partial charge in [-0.2, -0.15) is 0 Å². The third kappa shape index (κ3) is 3.10. The van der Waals surface area contributed by atoms with Crippen LogP contribution in [0.4, 0.5) is 4.39 Å². The molecule has 1 fully saturated rings. The standard InChI is InChI=1S/C15H17BrFNO3/c1-18(15(14(20)21)5-3-2-4-6-15)13(19)10-7-11(16)9-12(17)8-10/h7-9H,2-6H2,1H3,(H,20,21). The number of carbonyl (C=O) groups is 2. The zero-order valence-corrected chi connectivity index (χ0v) is 13.3. The van der Waals surface area contributed by atoms with Crippen molar-refractivity contribution < 1.29 is 19.1 Å². The van der Waals surface area contributed by atoms with E-state index >= 15 is 0 Å². The van der Waals surface area contributed by atoms with Gasteiger partial charge >= 0.3 is 5.97 Å². The summed E-state index contributed by atoms with van der Waals surface area (Å²) in [6.45, 7) is 0. The lowest BCUT2D eigenvalue weighted by molar-refractivity contribution is -0.151. The van der Waals surface area contributed by atoms with Crippen molar-refractivity contribution in [3.63, 3.8) is 0 Å². The molecule has 1 aliphatic carbocycles. The van der Waals surface area contributed by atoms with Crippen LogP contribution < -0.4 is 0 Å². The third-order valence-corrected chi connectivity index (χ3v) is 4.59. The number of benzene rings is 1. The fourth-order valence-electron chi connectivity index (χ4n) is 2.89. The minimum Gasteiger partial charge on any atom is -0.479 e. The first-order valence-corrected chi connectivity index (χ1v) is 7.64. The van der Waals surface area contributed by atoms with E-state index in [0.717, 1.165) is 25.3 Å². The number of likely N-dealkylation sites (N-methyl/N-ethyl adjacent to an activating group) is 1. The Morgan fingerprint density at radius 1 is 1.24 bits per heavy atom. The van der Waals surface area contributed by atoms with Crippen molar-refractivity contribution in [1.29, 1.82) is 0 Å². The maximum absolute atomic E-state index is 13.4. The van der Waals surface area contributed by atoms with E-state index in [2.05, 4.69) is 15.9 Å². The topological polar surface area (TPSA) is 57.6 Å².